The molecule has 1 aliphatic heterocycles. The van der Waals surface area contributed by atoms with Crippen LogP contribution in [0.5, 0.6) is 0 Å². The molecule has 1 heterocycles. The minimum absolute atomic E-state index is 0.0456. The van der Waals surface area contributed by atoms with Gasteiger partial charge in [0.1, 0.15) is 6.04 Å². The minimum atomic E-state index is 0.0456. The predicted octanol–water partition coefficient (Wildman–Crippen LogP) is 0.680. The zero-order valence-electron chi connectivity index (χ0n) is 11.3. The first kappa shape index (κ1) is 12.8. The smallest absolute Gasteiger partial charge is 0.241 e. The van der Waals surface area contributed by atoms with Crippen molar-refractivity contribution in [2.24, 2.45) is 0 Å². The van der Waals surface area contributed by atoms with Crippen LogP contribution >= 0.6 is 0 Å². The standard InChI is InChI=1S/C13H25N3O/c1-10-9-16(11-6-4-5-7-11)12(8-14-2)13(17)15(10)3/h10-12,14H,4-9H2,1-3H3. The molecule has 2 atom stereocenters. The quantitative estimate of drug-likeness (QED) is 0.786. The summed E-state index contributed by atoms with van der Waals surface area (Å²) < 4.78 is 0. The maximum atomic E-state index is 12.3. The van der Waals surface area contributed by atoms with Gasteiger partial charge in [-0.05, 0) is 26.8 Å². The van der Waals surface area contributed by atoms with E-state index >= 15 is 0 Å². The first-order valence-electron chi connectivity index (χ1n) is 6.82. The summed E-state index contributed by atoms with van der Waals surface area (Å²) in [5.74, 6) is 0.282. The van der Waals surface area contributed by atoms with Crippen LogP contribution in [-0.2, 0) is 4.79 Å². The highest BCUT2D eigenvalue weighted by Crippen LogP contribution is 2.28. The average molecular weight is 239 g/mol. The van der Waals surface area contributed by atoms with Crippen molar-refractivity contribution in [1.29, 1.82) is 0 Å². The zero-order valence-corrected chi connectivity index (χ0v) is 11.3. The summed E-state index contributed by atoms with van der Waals surface area (Å²) in [7, 11) is 3.86. The van der Waals surface area contributed by atoms with E-state index in [0.29, 0.717) is 12.1 Å². The van der Waals surface area contributed by atoms with E-state index in [9.17, 15) is 4.79 Å². The molecule has 0 spiro atoms. The van der Waals surface area contributed by atoms with E-state index in [-0.39, 0.29) is 11.9 Å². The van der Waals surface area contributed by atoms with Crippen molar-refractivity contribution >= 4 is 5.91 Å². The maximum absolute atomic E-state index is 12.3. The SMILES string of the molecule is CNCC1C(=O)N(C)C(C)CN1C1CCCC1. The van der Waals surface area contributed by atoms with Crippen molar-refractivity contribution in [3.05, 3.63) is 0 Å². The molecule has 2 unspecified atom stereocenters. The molecular weight excluding hydrogens is 214 g/mol. The van der Waals surface area contributed by atoms with E-state index in [2.05, 4.69) is 17.1 Å². The number of hydrogen-bond donors (Lipinski definition) is 1. The molecule has 17 heavy (non-hydrogen) atoms. The summed E-state index contributed by atoms with van der Waals surface area (Å²) in [6.07, 6.45) is 5.19. The van der Waals surface area contributed by atoms with Gasteiger partial charge in [-0.1, -0.05) is 12.8 Å². The molecule has 0 aromatic heterocycles. The molecule has 2 fully saturated rings. The molecule has 0 aromatic rings. The summed E-state index contributed by atoms with van der Waals surface area (Å²) in [6.45, 7) is 3.95. The van der Waals surface area contributed by atoms with Crippen molar-refractivity contribution in [2.45, 2.75) is 50.7 Å². The summed E-state index contributed by atoms with van der Waals surface area (Å²) in [6, 6.07) is 1.02. The third kappa shape index (κ3) is 2.47. The van der Waals surface area contributed by atoms with Gasteiger partial charge in [0.2, 0.25) is 5.91 Å². The predicted molar refractivity (Wildman–Crippen MR) is 68.9 cm³/mol. The third-order valence-corrected chi connectivity index (χ3v) is 4.36. The van der Waals surface area contributed by atoms with Gasteiger partial charge >= 0.3 is 0 Å². The molecule has 1 amide bonds. The number of amides is 1. The van der Waals surface area contributed by atoms with Gasteiger partial charge in [-0.25, -0.2) is 0 Å². The van der Waals surface area contributed by atoms with Crippen molar-refractivity contribution in [3.63, 3.8) is 0 Å². The summed E-state index contributed by atoms with van der Waals surface area (Å²) >= 11 is 0. The molecule has 0 bridgehead atoms. The Labute approximate surface area is 104 Å². The number of carbonyl (C=O) groups excluding carboxylic acids is 1. The summed E-state index contributed by atoms with van der Waals surface area (Å²) in [4.78, 5) is 16.7. The monoisotopic (exact) mass is 239 g/mol. The second-order valence-corrected chi connectivity index (χ2v) is 5.51. The molecule has 2 aliphatic rings. The molecule has 1 saturated carbocycles. The first-order valence-corrected chi connectivity index (χ1v) is 6.82. The van der Waals surface area contributed by atoms with Crippen LogP contribution in [0.25, 0.3) is 0 Å². The van der Waals surface area contributed by atoms with Crippen LogP contribution in [0, 0.1) is 0 Å². The lowest BCUT2D eigenvalue weighted by molar-refractivity contribution is -0.145. The number of piperazine rings is 1. The lowest BCUT2D eigenvalue weighted by Crippen LogP contribution is -2.64. The Kier molecular flexibility index (Phi) is 4.05. The molecule has 4 heteroatoms. The van der Waals surface area contributed by atoms with E-state index in [1.54, 1.807) is 0 Å². The molecule has 98 valence electrons. The fourth-order valence-corrected chi connectivity index (χ4v) is 3.19. The highest BCUT2D eigenvalue weighted by molar-refractivity contribution is 5.83. The number of nitrogens with zero attached hydrogens (tertiary/aromatic N) is 2. The molecule has 0 radical (unpaired) electrons. The minimum Gasteiger partial charge on any atom is -0.340 e. The van der Waals surface area contributed by atoms with Gasteiger partial charge in [-0.15, -0.1) is 0 Å². The third-order valence-electron chi connectivity index (χ3n) is 4.36. The zero-order chi connectivity index (χ0) is 12.4. The topological polar surface area (TPSA) is 35.6 Å². The molecule has 0 aromatic carbocycles. The van der Waals surface area contributed by atoms with Crippen LogP contribution in [0.4, 0.5) is 0 Å². The van der Waals surface area contributed by atoms with Crippen LogP contribution in [0.15, 0.2) is 0 Å². The Morgan fingerprint density at radius 3 is 2.59 bits per heavy atom. The summed E-state index contributed by atoms with van der Waals surface area (Å²) in [5.41, 5.74) is 0. The molecule has 1 aliphatic carbocycles. The van der Waals surface area contributed by atoms with Gasteiger partial charge in [0.15, 0.2) is 0 Å². The Hall–Kier alpha value is -0.610. The van der Waals surface area contributed by atoms with Crippen molar-refractivity contribution < 1.29 is 4.79 Å². The van der Waals surface area contributed by atoms with Crippen LogP contribution in [0.3, 0.4) is 0 Å². The van der Waals surface area contributed by atoms with Gasteiger partial charge < -0.3 is 10.2 Å². The van der Waals surface area contributed by atoms with Crippen LogP contribution in [0.1, 0.15) is 32.6 Å². The largest absolute Gasteiger partial charge is 0.340 e. The lowest BCUT2D eigenvalue weighted by Gasteiger charge is -2.45. The molecule has 1 saturated heterocycles. The van der Waals surface area contributed by atoms with Crippen LogP contribution in [0.2, 0.25) is 0 Å². The van der Waals surface area contributed by atoms with Gasteiger partial charge in [0.25, 0.3) is 0 Å². The van der Waals surface area contributed by atoms with Crippen LogP contribution < -0.4 is 5.32 Å². The fraction of sp³-hybridized carbons (Fsp3) is 0.923. The van der Waals surface area contributed by atoms with Gasteiger partial charge in [0.05, 0.1) is 0 Å². The van der Waals surface area contributed by atoms with E-state index in [1.165, 1.54) is 25.7 Å². The average Bonchev–Trinajstić information content (AvgIpc) is 2.83. The van der Waals surface area contributed by atoms with E-state index < -0.39 is 0 Å². The fourth-order valence-electron chi connectivity index (χ4n) is 3.19. The number of rotatable bonds is 3. The Bertz CT molecular complexity index is 276. The lowest BCUT2D eigenvalue weighted by atomic mass is 10.0. The second-order valence-electron chi connectivity index (χ2n) is 5.51. The Morgan fingerprint density at radius 2 is 2.00 bits per heavy atom. The Morgan fingerprint density at radius 1 is 1.35 bits per heavy atom. The van der Waals surface area contributed by atoms with Crippen molar-refractivity contribution in [1.82, 2.24) is 15.1 Å². The Balaban J connectivity index is 2.12. The molecule has 1 N–H and O–H groups in total. The number of likely N-dealkylation sites (N-methyl/N-ethyl adjacent to an activating group) is 2. The maximum Gasteiger partial charge on any atom is 0.241 e. The number of carbonyl (C=O) groups is 1. The van der Waals surface area contributed by atoms with Crippen molar-refractivity contribution in [3.8, 4) is 0 Å². The van der Waals surface area contributed by atoms with Crippen LogP contribution in [-0.4, -0.2) is 61.0 Å². The van der Waals surface area contributed by atoms with E-state index in [0.717, 1.165) is 13.1 Å². The highest BCUT2D eigenvalue weighted by Gasteiger charge is 2.40. The number of nitrogens with one attached hydrogen (secondary N) is 1. The van der Waals surface area contributed by atoms with Gasteiger partial charge in [-0.2, -0.15) is 0 Å². The van der Waals surface area contributed by atoms with E-state index in [4.69, 9.17) is 0 Å². The summed E-state index contributed by atoms with van der Waals surface area (Å²) in [5, 5.41) is 3.17. The van der Waals surface area contributed by atoms with Gasteiger partial charge in [-0.3, -0.25) is 9.69 Å². The molecule has 4 nitrogen and oxygen atoms in total. The van der Waals surface area contributed by atoms with Crippen molar-refractivity contribution in [2.75, 3.05) is 27.2 Å². The number of hydrogen-bond acceptors (Lipinski definition) is 3. The normalized spacial score (nSPS) is 32.4. The second kappa shape index (κ2) is 5.36. The highest BCUT2D eigenvalue weighted by atomic mass is 16.2. The van der Waals surface area contributed by atoms with Gasteiger partial charge in [0, 0.05) is 32.2 Å². The first-order chi connectivity index (χ1) is 8.15. The van der Waals surface area contributed by atoms with E-state index in [1.807, 2.05) is 19.0 Å². The molecular formula is C13H25N3O. The molecule has 2 rings (SSSR count).